The zero-order valence-electron chi connectivity index (χ0n) is 16.2. The summed E-state index contributed by atoms with van der Waals surface area (Å²) in [5, 5.41) is 7.22. The lowest BCUT2D eigenvalue weighted by molar-refractivity contribution is -0.138. The molecule has 5 nitrogen and oxygen atoms in total. The summed E-state index contributed by atoms with van der Waals surface area (Å²) in [6.07, 6.45) is -2.93. The molecule has 29 heavy (non-hydrogen) atoms. The molecular weight excluding hydrogens is 381 g/mol. The van der Waals surface area contributed by atoms with Crippen molar-refractivity contribution in [1.29, 1.82) is 0 Å². The molecule has 1 aromatic heterocycles. The molecule has 1 saturated carbocycles. The lowest BCUT2D eigenvalue weighted by Crippen LogP contribution is -2.31. The number of carbonyl (C=O) groups excluding carboxylic acids is 1. The third kappa shape index (κ3) is 3.13. The van der Waals surface area contributed by atoms with Gasteiger partial charge in [0, 0.05) is 31.7 Å². The van der Waals surface area contributed by atoms with Crippen molar-refractivity contribution in [3.8, 4) is 0 Å². The zero-order valence-corrected chi connectivity index (χ0v) is 16.2. The van der Waals surface area contributed by atoms with Crippen molar-refractivity contribution < 1.29 is 18.0 Å². The highest BCUT2D eigenvalue weighted by molar-refractivity contribution is 5.94. The summed E-state index contributed by atoms with van der Waals surface area (Å²) in [5.41, 5.74) is 2.36. The van der Waals surface area contributed by atoms with Gasteiger partial charge in [0.2, 0.25) is 0 Å². The second kappa shape index (κ2) is 6.58. The van der Waals surface area contributed by atoms with Crippen LogP contribution in [0.4, 0.5) is 13.2 Å². The average molecular weight is 404 g/mol. The van der Waals surface area contributed by atoms with Gasteiger partial charge in [-0.3, -0.25) is 14.8 Å². The Morgan fingerprint density at radius 3 is 2.52 bits per heavy atom. The maximum atomic E-state index is 13.4. The van der Waals surface area contributed by atoms with Gasteiger partial charge in [-0.1, -0.05) is 18.2 Å². The smallest absolute Gasteiger partial charge is 0.337 e. The van der Waals surface area contributed by atoms with E-state index in [9.17, 15) is 18.0 Å². The molecule has 8 heteroatoms. The van der Waals surface area contributed by atoms with Crippen LogP contribution < -0.4 is 0 Å². The quantitative estimate of drug-likeness (QED) is 0.832. The molecule has 0 radical (unpaired) electrons. The number of aromatic nitrogens is 2. The van der Waals surface area contributed by atoms with Crippen molar-refractivity contribution >= 4 is 5.91 Å². The van der Waals surface area contributed by atoms with E-state index in [0.29, 0.717) is 43.7 Å². The van der Waals surface area contributed by atoms with Crippen LogP contribution in [0.5, 0.6) is 0 Å². The summed E-state index contributed by atoms with van der Waals surface area (Å²) in [7, 11) is 2.00. The van der Waals surface area contributed by atoms with E-state index in [0.717, 1.165) is 17.8 Å². The van der Waals surface area contributed by atoms with Crippen LogP contribution in [0.15, 0.2) is 24.3 Å². The minimum absolute atomic E-state index is 0.0561. The van der Waals surface area contributed by atoms with Crippen molar-refractivity contribution in [2.45, 2.75) is 38.0 Å². The number of fused-ring (bicyclic) bond motifs is 2. The molecule has 1 aromatic carbocycles. The fourth-order valence-electron chi connectivity index (χ4n) is 5.46. The van der Waals surface area contributed by atoms with Crippen LogP contribution in [0.3, 0.4) is 0 Å². The predicted octanol–water partition coefficient (Wildman–Crippen LogP) is 3.64. The van der Waals surface area contributed by atoms with Crippen LogP contribution in [-0.2, 0) is 19.3 Å². The topological polar surface area (TPSA) is 52.2 Å². The molecule has 0 bridgehead atoms. The number of alkyl halides is 3. The minimum atomic E-state index is -4.33. The molecule has 3 aliphatic rings. The first-order valence-corrected chi connectivity index (χ1v) is 10.0. The first-order chi connectivity index (χ1) is 13.8. The van der Waals surface area contributed by atoms with E-state index in [1.165, 1.54) is 12.1 Å². The van der Waals surface area contributed by atoms with Gasteiger partial charge in [0.05, 0.1) is 11.3 Å². The van der Waals surface area contributed by atoms with E-state index in [4.69, 9.17) is 0 Å². The van der Waals surface area contributed by atoms with Gasteiger partial charge < -0.3 is 4.90 Å². The summed E-state index contributed by atoms with van der Waals surface area (Å²) >= 11 is 0. The first kappa shape index (κ1) is 18.7. The Morgan fingerprint density at radius 2 is 1.83 bits per heavy atom. The molecule has 2 aliphatic heterocycles. The molecule has 2 fully saturated rings. The summed E-state index contributed by atoms with van der Waals surface area (Å²) in [5.74, 6) is 0.350. The molecule has 2 unspecified atom stereocenters. The van der Waals surface area contributed by atoms with Gasteiger partial charge in [0.25, 0.3) is 5.91 Å². The van der Waals surface area contributed by atoms with Gasteiger partial charge in [-0.2, -0.15) is 18.3 Å². The van der Waals surface area contributed by atoms with E-state index in [1.807, 2.05) is 11.9 Å². The fourth-order valence-corrected chi connectivity index (χ4v) is 5.46. The Kier molecular flexibility index (Phi) is 4.24. The number of H-pyrrole nitrogens is 1. The second-order valence-corrected chi connectivity index (χ2v) is 8.69. The number of amides is 1. The molecule has 3 heterocycles. The standard InChI is InChI=1S/C21H23F3N4O/c1-27-10-16-18(11-27)25-26-19(16)20(29)28-8-13-6-12(7-14(13)9-28)15-4-2-3-5-17(15)21(22,23)24/h2-5,12-14H,6-11H2,1H3,(H,25,26). The molecular formula is C21H23F3N4O. The van der Waals surface area contributed by atoms with Gasteiger partial charge in [-0.05, 0) is 49.3 Å². The van der Waals surface area contributed by atoms with Crippen molar-refractivity contribution in [3.63, 3.8) is 0 Å². The molecule has 5 rings (SSSR count). The molecule has 1 N–H and O–H groups in total. The molecule has 1 amide bonds. The molecule has 2 aromatic rings. The van der Waals surface area contributed by atoms with E-state index in [2.05, 4.69) is 15.1 Å². The number of likely N-dealkylation sites (tertiary alicyclic amines) is 1. The van der Waals surface area contributed by atoms with E-state index >= 15 is 0 Å². The Bertz CT molecular complexity index is 940. The molecule has 0 spiro atoms. The van der Waals surface area contributed by atoms with E-state index in [-0.39, 0.29) is 23.7 Å². The van der Waals surface area contributed by atoms with Crippen LogP contribution in [0.1, 0.15) is 51.6 Å². The van der Waals surface area contributed by atoms with Gasteiger partial charge >= 0.3 is 6.18 Å². The van der Waals surface area contributed by atoms with Gasteiger partial charge in [-0.25, -0.2) is 0 Å². The number of carbonyl (C=O) groups is 1. The average Bonchev–Trinajstić information content (AvgIpc) is 3.39. The van der Waals surface area contributed by atoms with Crippen molar-refractivity contribution in [1.82, 2.24) is 20.0 Å². The summed E-state index contributed by atoms with van der Waals surface area (Å²) in [6, 6.07) is 5.92. The number of hydrogen-bond donors (Lipinski definition) is 1. The molecule has 1 aliphatic carbocycles. The number of nitrogens with one attached hydrogen (secondary N) is 1. The summed E-state index contributed by atoms with van der Waals surface area (Å²) in [4.78, 5) is 17.0. The highest BCUT2D eigenvalue weighted by atomic mass is 19.4. The number of nitrogens with zero attached hydrogens (tertiary/aromatic N) is 3. The van der Waals surface area contributed by atoms with Gasteiger partial charge in [0.15, 0.2) is 5.69 Å². The Labute approximate surface area is 166 Å². The van der Waals surface area contributed by atoms with Crippen LogP contribution >= 0.6 is 0 Å². The number of rotatable bonds is 2. The lowest BCUT2D eigenvalue weighted by Gasteiger charge is -2.21. The van der Waals surface area contributed by atoms with Crippen LogP contribution in [-0.4, -0.2) is 46.0 Å². The summed E-state index contributed by atoms with van der Waals surface area (Å²) < 4.78 is 40.2. The maximum absolute atomic E-state index is 13.4. The largest absolute Gasteiger partial charge is 0.416 e. The third-order valence-electron chi connectivity index (χ3n) is 6.76. The van der Waals surface area contributed by atoms with E-state index < -0.39 is 11.7 Å². The van der Waals surface area contributed by atoms with Crippen molar-refractivity contribution in [2.24, 2.45) is 11.8 Å². The normalized spacial score (nSPS) is 26.8. The number of benzene rings is 1. The Morgan fingerprint density at radius 1 is 1.14 bits per heavy atom. The van der Waals surface area contributed by atoms with Crippen molar-refractivity contribution in [3.05, 3.63) is 52.3 Å². The number of halogens is 3. The first-order valence-electron chi connectivity index (χ1n) is 10.0. The minimum Gasteiger partial charge on any atom is -0.337 e. The highest BCUT2D eigenvalue weighted by Gasteiger charge is 2.45. The number of aromatic amines is 1. The number of hydrogen-bond acceptors (Lipinski definition) is 3. The maximum Gasteiger partial charge on any atom is 0.416 e. The third-order valence-corrected chi connectivity index (χ3v) is 6.76. The fraction of sp³-hybridized carbons (Fsp3) is 0.524. The van der Waals surface area contributed by atoms with Gasteiger partial charge in [0.1, 0.15) is 0 Å². The molecule has 2 atom stereocenters. The molecule has 1 saturated heterocycles. The summed E-state index contributed by atoms with van der Waals surface area (Å²) in [6.45, 7) is 2.68. The lowest BCUT2D eigenvalue weighted by atomic mass is 9.91. The van der Waals surface area contributed by atoms with Crippen molar-refractivity contribution in [2.75, 3.05) is 20.1 Å². The highest BCUT2D eigenvalue weighted by Crippen LogP contribution is 2.49. The van der Waals surface area contributed by atoms with Crippen LogP contribution in [0.2, 0.25) is 0 Å². The Balaban J connectivity index is 1.30. The van der Waals surface area contributed by atoms with Gasteiger partial charge in [-0.15, -0.1) is 0 Å². The monoisotopic (exact) mass is 404 g/mol. The SMILES string of the molecule is CN1Cc2[nH]nc(C(=O)N3CC4CC(c5ccccc5C(F)(F)F)CC4C3)c2C1. The second-order valence-electron chi connectivity index (χ2n) is 8.69. The van der Waals surface area contributed by atoms with Crippen LogP contribution in [0.25, 0.3) is 0 Å². The zero-order chi connectivity index (χ0) is 20.3. The van der Waals surface area contributed by atoms with E-state index in [1.54, 1.807) is 12.1 Å². The van der Waals surface area contributed by atoms with Crippen LogP contribution in [0, 0.1) is 11.8 Å². The predicted molar refractivity (Wildman–Crippen MR) is 100 cm³/mol. The Hall–Kier alpha value is -2.35. The molecule has 154 valence electrons.